The van der Waals surface area contributed by atoms with Crippen molar-refractivity contribution >= 4 is 15.9 Å². The van der Waals surface area contributed by atoms with Crippen LogP contribution in [-0.4, -0.2) is 14.2 Å². The average Bonchev–Trinajstić information content (AvgIpc) is 2.97. The Bertz CT molecular complexity index is 390. The second kappa shape index (κ2) is 3.76. The molecule has 0 aliphatic heterocycles. The van der Waals surface area contributed by atoms with E-state index >= 15 is 0 Å². The average molecular weight is 274 g/mol. The number of nitrogens with one attached hydrogen (secondary N) is 1. The highest BCUT2D eigenvalue weighted by molar-refractivity contribution is 9.10. The fourth-order valence-electron chi connectivity index (χ4n) is 1.90. The van der Waals surface area contributed by atoms with Crippen molar-refractivity contribution in [3.8, 4) is 5.75 Å². The zero-order valence-electron chi connectivity index (χ0n) is 8.73. The minimum absolute atomic E-state index is 0.0873. The third-order valence-corrected chi connectivity index (χ3v) is 3.41. The standard InChI is InChI=1S/C11H13BrFNO/c1-14-11(3-4-11)8-5-7(12)6-9(13)10(8)15-2/h5-6,14H,3-4H2,1-2H3. The van der Waals surface area contributed by atoms with Crippen molar-refractivity contribution in [2.24, 2.45) is 0 Å². The molecule has 0 saturated heterocycles. The van der Waals surface area contributed by atoms with Crippen molar-refractivity contribution in [2.75, 3.05) is 14.2 Å². The van der Waals surface area contributed by atoms with Gasteiger partial charge >= 0.3 is 0 Å². The van der Waals surface area contributed by atoms with Crippen LogP contribution in [0.25, 0.3) is 0 Å². The lowest BCUT2D eigenvalue weighted by atomic mass is 10.0. The maximum atomic E-state index is 13.6. The Hall–Kier alpha value is -0.610. The Kier molecular flexibility index (Phi) is 2.73. The van der Waals surface area contributed by atoms with Crippen LogP contribution in [0.2, 0.25) is 0 Å². The van der Waals surface area contributed by atoms with Crippen molar-refractivity contribution in [2.45, 2.75) is 18.4 Å². The van der Waals surface area contributed by atoms with Crippen LogP contribution in [0.5, 0.6) is 5.75 Å². The van der Waals surface area contributed by atoms with Crippen LogP contribution in [0.1, 0.15) is 18.4 Å². The molecule has 0 bridgehead atoms. The van der Waals surface area contributed by atoms with Gasteiger partial charge in [0.1, 0.15) is 0 Å². The molecule has 1 fully saturated rings. The van der Waals surface area contributed by atoms with Crippen molar-refractivity contribution in [1.29, 1.82) is 0 Å². The maximum Gasteiger partial charge on any atom is 0.166 e. The van der Waals surface area contributed by atoms with Gasteiger partial charge in [-0.1, -0.05) is 15.9 Å². The topological polar surface area (TPSA) is 21.3 Å². The van der Waals surface area contributed by atoms with Crippen LogP contribution in [0.3, 0.4) is 0 Å². The number of ether oxygens (including phenoxy) is 1. The van der Waals surface area contributed by atoms with E-state index in [2.05, 4.69) is 21.2 Å². The van der Waals surface area contributed by atoms with Gasteiger partial charge < -0.3 is 10.1 Å². The molecule has 0 spiro atoms. The van der Waals surface area contributed by atoms with Gasteiger partial charge in [-0.05, 0) is 32.0 Å². The van der Waals surface area contributed by atoms with Gasteiger partial charge in [0.25, 0.3) is 0 Å². The molecular formula is C11H13BrFNO. The molecule has 0 amide bonds. The minimum atomic E-state index is -0.316. The van der Waals surface area contributed by atoms with E-state index in [-0.39, 0.29) is 11.4 Å². The molecule has 2 nitrogen and oxygen atoms in total. The molecule has 82 valence electrons. The smallest absolute Gasteiger partial charge is 0.166 e. The number of methoxy groups -OCH3 is 1. The number of rotatable bonds is 3. The summed E-state index contributed by atoms with van der Waals surface area (Å²) < 4.78 is 19.5. The van der Waals surface area contributed by atoms with Crippen molar-refractivity contribution in [3.05, 3.63) is 28.0 Å². The first-order valence-electron chi connectivity index (χ1n) is 4.85. The molecule has 2 rings (SSSR count). The van der Waals surface area contributed by atoms with Gasteiger partial charge in [-0.25, -0.2) is 4.39 Å². The Balaban J connectivity index is 2.54. The number of hydrogen-bond acceptors (Lipinski definition) is 2. The van der Waals surface area contributed by atoms with Crippen molar-refractivity contribution in [1.82, 2.24) is 5.32 Å². The van der Waals surface area contributed by atoms with Crippen LogP contribution >= 0.6 is 15.9 Å². The van der Waals surface area contributed by atoms with E-state index in [4.69, 9.17) is 4.74 Å². The van der Waals surface area contributed by atoms with Crippen molar-refractivity contribution in [3.63, 3.8) is 0 Å². The third kappa shape index (κ3) is 1.76. The largest absolute Gasteiger partial charge is 0.493 e. The zero-order chi connectivity index (χ0) is 11.1. The second-order valence-corrected chi connectivity index (χ2v) is 4.72. The van der Waals surface area contributed by atoms with Crippen molar-refractivity contribution < 1.29 is 9.13 Å². The molecule has 1 N–H and O–H groups in total. The molecule has 0 unspecified atom stereocenters. The first-order valence-corrected chi connectivity index (χ1v) is 5.65. The first kappa shape index (κ1) is 10.9. The Labute approximate surface area is 96.9 Å². The van der Waals surface area contributed by atoms with Gasteiger partial charge in [0.05, 0.1) is 7.11 Å². The summed E-state index contributed by atoms with van der Waals surface area (Å²) in [6.07, 6.45) is 2.05. The second-order valence-electron chi connectivity index (χ2n) is 3.80. The minimum Gasteiger partial charge on any atom is -0.493 e. The lowest BCUT2D eigenvalue weighted by Crippen LogP contribution is -2.25. The monoisotopic (exact) mass is 273 g/mol. The molecule has 4 heteroatoms. The van der Waals surface area contributed by atoms with Gasteiger partial charge in [-0.3, -0.25) is 0 Å². The highest BCUT2D eigenvalue weighted by atomic mass is 79.9. The highest BCUT2D eigenvalue weighted by Crippen LogP contribution is 2.49. The Morgan fingerprint density at radius 1 is 1.47 bits per heavy atom. The van der Waals surface area contributed by atoms with Crippen LogP contribution in [0, 0.1) is 5.82 Å². The van der Waals surface area contributed by atoms with E-state index in [0.717, 1.165) is 22.9 Å². The van der Waals surface area contributed by atoms with E-state index in [1.165, 1.54) is 13.2 Å². The molecule has 1 aromatic carbocycles. The lowest BCUT2D eigenvalue weighted by Gasteiger charge is -2.19. The Morgan fingerprint density at radius 2 is 2.13 bits per heavy atom. The lowest BCUT2D eigenvalue weighted by molar-refractivity contribution is 0.372. The zero-order valence-corrected chi connectivity index (χ0v) is 10.3. The van der Waals surface area contributed by atoms with Crippen LogP contribution in [-0.2, 0) is 5.54 Å². The highest BCUT2D eigenvalue weighted by Gasteiger charge is 2.45. The summed E-state index contributed by atoms with van der Waals surface area (Å²) in [6, 6.07) is 3.35. The van der Waals surface area contributed by atoms with Gasteiger partial charge in [-0.2, -0.15) is 0 Å². The fourth-order valence-corrected chi connectivity index (χ4v) is 2.33. The summed E-state index contributed by atoms with van der Waals surface area (Å²) in [5.74, 6) is 0.0356. The maximum absolute atomic E-state index is 13.6. The molecule has 0 heterocycles. The van der Waals surface area contributed by atoms with E-state index in [1.54, 1.807) is 0 Å². The van der Waals surface area contributed by atoms with Gasteiger partial charge in [0.15, 0.2) is 11.6 Å². The summed E-state index contributed by atoms with van der Waals surface area (Å²) in [5, 5.41) is 3.23. The SMILES string of the molecule is CNC1(c2cc(Br)cc(F)c2OC)CC1. The van der Waals surface area contributed by atoms with Gasteiger partial charge in [-0.15, -0.1) is 0 Å². The predicted molar refractivity (Wildman–Crippen MR) is 60.6 cm³/mol. The van der Waals surface area contributed by atoms with Gasteiger partial charge in [0.2, 0.25) is 0 Å². The Morgan fingerprint density at radius 3 is 2.60 bits per heavy atom. The van der Waals surface area contributed by atoms with E-state index in [1.807, 2.05) is 13.1 Å². The number of benzene rings is 1. The third-order valence-electron chi connectivity index (χ3n) is 2.96. The summed E-state index contributed by atoms with van der Waals surface area (Å²) in [4.78, 5) is 0. The normalized spacial score (nSPS) is 17.6. The quantitative estimate of drug-likeness (QED) is 0.915. The molecule has 0 radical (unpaired) electrons. The van der Waals surface area contributed by atoms with Crippen LogP contribution in [0.4, 0.5) is 4.39 Å². The number of halogens is 2. The first-order chi connectivity index (χ1) is 7.13. The molecule has 0 atom stereocenters. The van der Waals surface area contributed by atoms with E-state index in [0.29, 0.717) is 5.75 Å². The molecule has 1 aliphatic rings. The summed E-state index contributed by atoms with van der Waals surface area (Å²) >= 11 is 3.30. The summed E-state index contributed by atoms with van der Waals surface area (Å²) in [5.41, 5.74) is 0.815. The van der Waals surface area contributed by atoms with E-state index < -0.39 is 0 Å². The van der Waals surface area contributed by atoms with Gasteiger partial charge in [0, 0.05) is 15.6 Å². The molecule has 15 heavy (non-hydrogen) atoms. The molecule has 1 aliphatic carbocycles. The van der Waals surface area contributed by atoms with Crippen LogP contribution in [0.15, 0.2) is 16.6 Å². The summed E-state index contributed by atoms with van der Waals surface area (Å²) in [7, 11) is 3.40. The predicted octanol–water partition coefficient (Wildman–Crippen LogP) is 2.81. The number of hydrogen-bond donors (Lipinski definition) is 1. The van der Waals surface area contributed by atoms with E-state index in [9.17, 15) is 4.39 Å². The summed E-state index contributed by atoms with van der Waals surface area (Å²) in [6.45, 7) is 0. The molecular weight excluding hydrogens is 261 g/mol. The molecule has 0 aromatic heterocycles. The molecule has 1 saturated carbocycles. The molecule has 1 aromatic rings. The fraction of sp³-hybridized carbons (Fsp3) is 0.455. The van der Waals surface area contributed by atoms with Crippen LogP contribution < -0.4 is 10.1 Å².